The number of nitrogens with zero attached hydrogens (tertiary/aromatic N) is 1. The van der Waals surface area contributed by atoms with E-state index in [0.717, 1.165) is 13.0 Å². The first kappa shape index (κ1) is 10.7. The third-order valence-electron chi connectivity index (χ3n) is 2.01. The summed E-state index contributed by atoms with van der Waals surface area (Å²) >= 11 is 1.68. The van der Waals surface area contributed by atoms with Gasteiger partial charge in [0.25, 0.3) is 0 Å². The molecule has 0 spiro atoms. The van der Waals surface area contributed by atoms with Gasteiger partial charge in [-0.3, -0.25) is 0 Å². The summed E-state index contributed by atoms with van der Waals surface area (Å²) in [6.07, 6.45) is 6.15. The second-order valence-electron chi connectivity index (χ2n) is 3.14. The lowest BCUT2D eigenvalue weighted by Crippen LogP contribution is -1.89. The molecule has 0 atom stereocenters. The van der Waals surface area contributed by atoms with Crippen LogP contribution in [0.3, 0.4) is 0 Å². The molecule has 1 aromatic rings. The van der Waals surface area contributed by atoms with Gasteiger partial charge in [-0.1, -0.05) is 12.8 Å². The van der Waals surface area contributed by atoms with Gasteiger partial charge in [-0.15, -0.1) is 11.3 Å². The standard InChI is InChI=1S/C10H17NOS/c1-12-7-5-3-2-4-6-10-8-13-9-11-10/h8-9H,2-7H2,1H3. The molecule has 0 unspecified atom stereocenters. The Morgan fingerprint density at radius 3 is 2.85 bits per heavy atom. The van der Waals surface area contributed by atoms with E-state index in [-0.39, 0.29) is 0 Å². The number of hydrogen-bond donors (Lipinski definition) is 0. The van der Waals surface area contributed by atoms with Crippen LogP contribution in [0.1, 0.15) is 31.4 Å². The molecule has 0 amide bonds. The lowest BCUT2D eigenvalue weighted by molar-refractivity contribution is 0.192. The molecular formula is C10H17NOS. The lowest BCUT2D eigenvalue weighted by Gasteiger charge is -1.99. The van der Waals surface area contributed by atoms with Crippen LogP contribution in [-0.4, -0.2) is 18.7 Å². The van der Waals surface area contributed by atoms with E-state index < -0.39 is 0 Å². The highest BCUT2D eigenvalue weighted by Gasteiger charge is 1.94. The highest BCUT2D eigenvalue weighted by molar-refractivity contribution is 7.07. The summed E-state index contributed by atoms with van der Waals surface area (Å²) in [5, 5.41) is 2.13. The highest BCUT2D eigenvalue weighted by atomic mass is 32.1. The fourth-order valence-electron chi connectivity index (χ4n) is 1.27. The van der Waals surface area contributed by atoms with E-state index >= 15 is 0 Å². The number of aromatic nitrogens is 1. The molecule has 0 aliphatic carbocycles. The van der Waals surface area contributed by atoms with Crippen LogP contribution >= 0.6 is 11.3 Å². The summed E-state index contributed by atoms with van der Waals surface area (Å²) in [7, 11) is 1.76. The van der Waals surface area contributed by atoms with Gasteiger partial charge in [0.1, 0.15) is 0 Å². The first-order chi connectivity index (χ1) is 6.43. The predicted octanol–water partition coefficient (Wildman–Crippen LogP) is 2.89. The molecule has 0 N–H and O–H groups in total. The van der Waals surface area contributed by atoms with Gasteiger partial charge in [0, 0.05) is 19.1 Å². The summed E-state index contributed by atoms with van der Waals surface area (Å²) in [5.74, 6) is 0. The van der Waals surface area contributed by atoms with Gasteiger partial charge in [0.15, 0.2) is 0 Å². The average Bonchev–Trinajstić information content (AvgIpc) is 2.63. The molecule has 2 nitrogen and oxygen atoms in total. The lowest BCUT2D eigenvalue weighted by atomic mass is 10.1. The number of ether oxygens (including phenoxy) is 1. The fraction of sp³-hybridized carbons (Fsp3) is 0.700. The van der Waals surface area contributed by atoms with Crippen molar-refractivity contribution in [3.63, 3.8) is 0 Å². The number of methoxy groups -OCH3 is 1. The van der Waals surface area contributed by atoms with Gasteiger partial charge in [-0.05, 0) is 19.3 Å². The molecule has 74 valence electrons. The zero-order chi connectivity index (χ0) is 9.36. The molecule has 0 radical (unpaired) electrons. The maximum atomic E-state index is 4.98. The van der Waals surface area contributed by atoms with Crippen molar-refractivity contribution in [3.05, 3.63) is 16.6 Å². The molecule has 1 rings (SSSR count). The smallest absolute Gasteiger partial charge is 0.0794 e. The van der Waals surface area contributed by atoms with Crippen LogP contribution in [0, 0.1) is 0 Å². The van der Waals surface area contributed by atoms with E-state index in [1.54, 1.807) is 18.4 Å². The second-order valence-corrected chi connectivity index (χ2v) is 3.86. The summed E-state index contributed by atoms with van der Waals surface area (Å²) in [4.78, 5) is 4.24. The molecule has 0 saturated carbocycles. The van der Waals surface area contributed by atoms with E-state index in [1.807, 2.05) is 5.51 Å². The molecule has 0 aliphatic heterocycles. The first-order valence-electron chi connectivity index (χ1n) is 4.79. The predicted molar refractivity (Wildman–Crippen MR) is 56.2 cm³/mol. The zero-order valence-corrected chi connectivity index (χ0v) is 8.98. The molecule has 0 aromatic carbocycles. The topological polar surface area (TPSA) is 22.1 Å². The number of aryl methyl sites for hydroxylation is 1. The summed E-state index contributed by atoms with van der Waals surface area (Å²) in [6, 6.07) is 0. The third kappa shape index (κ3) is 5.01. The molecule has 1 aromatic heterocycles. The number of thiazole rings is 1. The number of hydrogen-bond acceptors (Lipinski definition) is 3. The van der Waals surface area contributed by atoms with Crippen LogP contribution in [0.25, 0.3) is 0 Å². The van der Waals surface area contributed by atoms with Crippen LogP contribution in [0.2, 0.25) is 0 Å². The third-order valence-corrected chi connectivity index (χ3v) is 2.65. The van der Waals surface area contributed by atoms with E-state index in [0.29, 0.717) is 0 Å². The Morgan fingerprint density at radius 2 is 2.15 bits per heavy atom. The van der Waals surface area contributed by atoms with Gasteiger partial charge in [-0.25, -0.2) is 4.98 Å². The Kier molecular flexibility index (Phi) is 5.78. The minimum absolute atomic E-state index is 0.900. The van der Waals surface area contributed by atoms with Crippen molar-refractivity contribution in [2.75, 3.05) is 13.7 Å². The van der Waals surface area contributed by atoms with Crippen LogP contribution < -0.4 is 0 Å². The average molecular weight is 199 g/mol. The normalized spacial score (nSPS) is 10.5. The van der Waals surface area contributed by atoms with Gasteiger partial charge in [-0.2, -0.15) is 0 Å². The minimum Gasteiger partial charge on any atom is -0.385 e. The largest absolute Gasteiger partial charge is 0.385 e. The summed E-state index contributed by atoms with van der Waals surface area (Å²) in [6.45, 7) is 0.900. The molecule has 0 fully saturated rings. The van der Waals surface area contributed by atoms with Gasteiger partial charge in [0.2, 0.25) is 0 Å². The van der Waals surface area contributed by atoms with Crippen LogP contribution in [-0.2, 0) is 11.2 Å². The Hall–Kier alpha value is -0.410. The SMILES string of the molecule is COCCCCCCc1cscn1. The Labute approximate surface area is 84.0 Å². The molecule has 0 aliphatic rings. The zero-order valence-electron chi connectivity index (χ0n) is 8.16. The van der Waals surface area contributed by atoms with Gasteiger partial charge < -0.3 is 4.74 Å². The van der Waals surface area contributed by atoms with Crippen molar-refractivity contribution in [1.82, 2.24) is 4.98 Å². The van der Waals surface area contributed by atoms with E-state index in [4.69, 9.17) is 4.74 Å². The van der Waals surface area contributed by atoms with Crippen molar-refractivity contribution in [3.8, 4) is 0 Å². The Balaban J connectivity index is 1.90. The van der Waals surface area contributed by atoms with Gasteiger partial charge in [0.05, 0.1) is 11.2 Å². The highest BCUT2D eigenvalue weighted by Crippen LogP contribution is 2.07. The van der Waals surface area contributed by atoms with Crippen LogP contribution in [0.4, 0.5) is 0 Å². The quantitative estimate of drug-likeness (QED) is 0.630. The summed E-state index contributed by atoms with van der Waals surface area (Å²) in [5.41, 5.74) is 3.15. The molecule has 0 bridgehead atoms. The van der Waals surface area contributed by atoms with Gasteiger partial charge >= 0.3 is 0 Å². The number of rotatable bonds is 7. The molecule has 0 saturated heterocycles. The maximum absolute atomic E-state index is 4.98. The fourth-order valence-corrected chi connectivity index (χ4v) is 1.86. The molecule has 1 heterocycles. The van der Waals surface area contributed by atoms with E-state index in [2.05, 4.69) is 10.4 Å². The van der Waals surface area contributed by atoms with E-state index in [9.17, 15) is 0 Å². The second kappa shape index (κ2) is 7.04. The van der Waals surface area contributed by atoms with Crippen molar-refractivity contribution >= 4 is 11.3 Å². The summed E-state index contributed by atoms with van der Waals surface area (Å²) < 4.78 is 4.98. The Morgan fingerprint density at radius 1 is 1.31 bits per heavy atom. The first-order valence-corrected chi connectivity index (χ1v) is 5.74. The van der Waals surface area contributed by atoms with Crippen molar-refractivity contribution in [2.45, 2.75) is 32.1 Å². The van der Waals surface area contributed by atoms with E-state index in [1.165, 1.54) is 31.4 Å². The minimum atomic E-state index is 0.900. The van der Waals surface area contributed by atoms with Crippen molar-refractivity contribution < 1.29 is 4.74 Å². The maximum Gasteiger partial charge on any atom is 0.0794 e. The molecule has 13 heavy (non-hydrogen) atoms. The Bertz CT molecular complexity index is 199. The van der Waals surface area contributed by atoms with Crippen molar-refractivity contribution in [2.24, 2.45) is 0 Å². The molecular weight excluding hydrogens is 182 g/mol. The monoisotopic (exact) mass is 199 g/mol. The van der Waals surface area contributed by atoms with Crippen LogP contribution in [0.15, 0.2) is 10.9 Å². The van der Waals surface area contributed by atoms with Crippen LogP contribution in [0.5, 0.6) is 0 Å². The van der Waals surface area contributed by atoms with Crippen molar-refractivity contribution in [1.29, 1.82) is 0 Å². The molecule has 3 heteroatoms. The number of unbranched alkanes of at least 4 members (excludes halogenated alkanes) is 3.